The molecule has 0 amide bonds. The van der Waals surface area contributed by atoms with E-state index in [2.05, 4.69) is 34.0 Å². The Morgan fingerprint density at radius 2 is 1.89 bits per heavy atom. The van der Waals surface area contributed by atoms with Gasteiger partial charge in [0.25, 0.3) is 5.56 Å². The van der Waals surface area contributed by atoms with E-state index in [0.717, 1.165) is 24.1 Å². The predicted octanol–water partition coefficient (Wildman–Crippen LogP) is 3.71. The zero-order valence-corrected chi connectivity index (χ0v) is 15.5. The molecular weight excluding hydrogens is 362 g/mol. The number of hydrogen-bond donors (Lipinski definition) is 1. The van der Waals surface area contributed by atoms with E-state index in [-0.39, 0.29) is 28.1 Å². The molecule has 0 radical (unpaired) electrons. The lowest BCUT2D eigenvalue weighted by molar-refractivity contribution is 0.242. The number of hydrogen-bond acceptors (Lipinski definition) is 4. The van der Waals surface area contributed by atoms with Crippen molar-refractivity contribution in [1.29, 1.82) is 0 Å². The highest BCUT2D eigenvalue weighted by Gasteiger charge is 2.65. The first-order valence-corrected chi connectivity index (χ1v) is 9.24. The normalized spacial score (nSPS) is 24.4. The maximum absolute atomic E-state index is 14.3. The van der Waals surface area contributed by atoms with Gasteiger partial charge in [0.05, 0.1) is 34.4 Å². The Labute approximate surface area is 159 Å². The molecule has 142 valence electrons. The van der Waals surface area contributed by atoms with Crippen LogP contribution in [0.15, 0.2) is 41.5 Å². The third-order valence-electron chi connectivity index (χ3n) is 6.72. The fourth-order valence-corrected chi connectivity index (χ4v) is 5.36. The van der Waals surface area contributed by atoms with E-state index >= 15 is 0 Å². The molecule has 2 bridgehead atoms. The second-order valence-electron chi connectivity index (χ2n) is 8.14. The highest BCUT2D eigenvalue weighted by atomic mass is 19.1. The van der Waals surface area contributed by atoms with Crippen LogP contribution < -0.4 is 5.56 Å². The topological polar surface area (TPSA) is 71.5 Å². The van der Waals surface area contributed by atoms with Crippen LogP contribution in [0.5, 0.6) is 0 Å². The summed E-state index contributed by atoms with van der Waals surface area (Å²) in [7, 11) is 0. The van der Waals surface area contributed by atoms with Crippen LogP contribution in [-0.4, -0.2) is 20.2 Å². The fraction of sp³-hybridized carbons (Fsp3) is 0.333. The lowest BCUT2D eigenvalue weighted by atomic mass is 9.66. The van der Waals surface area contributed by atoms with Gasteiger partial charge in [0.2, 0.25) is 0 Å². The van der Waals surface area contributed by atoms with Crippen molar-refractivity contribution < 1.29 is 8.78 Å². The van der Waals surface area contributed by atoms with Gasteiger partial charge in [-0.05, 0) is 47.9 Å². The molecule has 7 heteroatoms. The van der Waals surface area contributed by atoms with E-state index in [4.69, 9.17) is 0 Å². The van der Waals surface area contributed by atoms with E-state index in [1.54, 1.807) is 6.07 Å². The van der Waals surface area contributed by atoms with Gasteiger partial charge in [0.15, 0.2) is 0 Å². The molecule has 2 aliphatic carbocycles. The maximum Gasteiger partial charge on any atom is 0.250 e. The first-order chi connectivity index (χ1) is 13.4. The first-order valence-electron chi connectivity index (χ1n) is 9.24. The number of aromatic nitrogens is 4. The Hall–Kier alpha value is -2.96. The Bertz CT molecular complexity index is 1150. The molecule has 3 aromatic rings. The summed E-state index contributed by atoms with van der Waals surface area (Å²) >= 11 is 0. The molecular formula is C21H18F2N4O. The van der Waals surface area contributed by atoms with Crippen molar-refractivity contribution in [3.05, 3.63) is 75.6 Å². The summed E-state index contributed by atoms with van der Waals surface area (Å²) in [5, 5.41) is 8.61. The molecule has 5 rings (SSSR count). The molecule has 0 aliphatic heterocycles. The summed E-state index contributed by atoms with van der Waals surface area (Å²) in [4.78, 5) is 19.0. The molecule has 5 nitrogen and oxygen atoms in total. The molecule has 1 N–H and O–H groups in total. The summed E-state index contributed by atoms with van der Waals surface area (Å²) in [6.07, 6.45) is 3.10. The summed E-state index contributed by atoms with van der Waals surface area (Å²) in [6.45, 7) is 4.27. The monoisotopic (exact) mass is 380 g/mol. The first kappa shape index (κ1) is 17.2. The number of halogens is 2. The van der Waals surface area contributed by atoms with Gasteiger partial charge >= 0.3 is 0 Å². The van der Waals surface area contributed by atoms with E-state index < -0.39 is 17.0 Å². The number of fused-ring (bicyclic) bond motifs is 5. The van der Waals surface area contributed by atoms with Crippen LogP contribution in [0.1, 0.15) is 49.6 Å². The van der Waals surface area contributed by atoms with Gasteiger partial charge in [-0.2, -0.15) is 5.10 Å². The van der Waals surface area contributed by atoms with Gasteiger partial charge in [0.1, 0.15) is 11.6 Å². The van der Waals surface area contributed by atoms with Gasteiger partial charge in [0, 0.05) is 6.07 Å². The van der Waals surface area contributed by atoms with Crippen LogP contribution in [0, 0.1) is 17.0 Å². The highest BCUT2D eigenvalue weighted by molar-refractivity contribution is 5.64. The maximum atomic E-state index is 14.3. The van der Waals surface area contributed by atoms with Crippen molar-refractivity contribution >= 4 is 0 Å². The van der Waals surface area contributed by atoms with Gasteiger partial charge in [-0.1, -0.05) is 19.9 Å². The van der Waals surface area contributed by atoms with Gasteiger partial charge in [-0.3, -0.25) is 4.79 Å². The van der Waals surface area contributed by atoms with E-state index in [0.29, 0.717) is 5.69 Å². The molecule has 1 unspecified atom stereocenters. The minimum absolute atomic E-state index is 0.146. The lowest BCUT2D eigenvalue weighted by Gasteiger charge is -2.37. The SMILES string of the molecule is CC1(C)[C@H]2CCC1(c1cc(=O)[nH]cn1)c1nnc(-c3c(F)cccc3F)cc12. The number of aromatic amines is 1. The largest absolute Gasteiger partial charge is 0.313 e. The molecule has 2 heterocycles. The van der Waals surface area contributed by atoms with Crippen LogP contribution in [-0.2, 0) is 5.41 Å². The molecule has 1 aromatic carbocycles. The highest BCUT2D eigenvalue weighted by Crippen LogP contribution is 2.69. The van der Waals surface area contributed by atoms with Gasteiger partial charge < -0.3 is 4.98 Å². The standard InChI is InChI=1S/C21H18F2N4O/c1-20(2)12-6-7-21(20,16-9-17(28)25-10-24-16)19-11(12)8-15(26-27-19)18-13(22)4-3-5-14(18)23/h3-5,8-10,12H,6-7H2,1-2H3,(H,24,25,28)/t12-,21?/m0/s1. The second kappa shape index (κ2) is 5.53. The second-order valence-corrected chi connectivity index (χ2v) is 8.14. The minimum Gasteiger partial charge on any atom is -0.313 e. The minimum atomic E-state index is -0.664. The average Bonchev–Trinajstić information content (AvgIpc) is 3.03. The van der Waals surface area contributed by atoms with Crippen molar-refractivity contribution in [3.63, 3.8) is 0 Å². The molecule has 2 aliphatic rings. The molecule has 2 aromatic heterocycles. The smallest absolute Gasteiger partial charge is 0.250 e. The van der Waals surface area contributed by atoms with Crippen molar-refractivity contribution in [2.45, 2.75) is 38.0 Å². The van der Waals surface area contributed by atoms with Crippen LogP contribution in [0.25, 0.3) is 11.3 Å². The predicted molar refractivity (Wildman–Crippen MR) is 98.8 cm³/mol. The Kier molecular flexibility index (Phi) is 3.39. The quantitative estimate of drug-likeness (QED) is 0.736. The van der Waals surface area contributed by atoms with Crippen LogP contribution >= 0.6 is 0 Å². The third kappa shape index (κ3) is 1.99. The molecule has 28 heavy (non-hydrogen) atoms. The molecule has 1 fully saturated rings. The van der Waals surface area contributed by atoms with Crippen molar-refractivity contribution in [3.8, 4) is 11.3 Å². The zero-order chi connectivity index (χ0) is 19.7. The molecule has 2 atom stereocenters. The van der Waals surface area contributed by atoms with Gasteiger partial charge in [-0.15, -0.1) is 5.10 Å². The third-order valence-corrected chi connectivity index (χ3v) is 6.72. The van der Waals surface area contributed by atoms with Crippen molar-refractivity contribution in [2.75, 3.05) is 0 Å². The van der Waals surface area contributed by atoms with E-state index in [1.165, 1.54) is 30.6 Å². The number of benzene rings is 1. The Balaban J connectivity index is 1.75. The number of nitrogens with one attached hydrogen (secondary N) is 1. The molecule has 1 saturated carbocycles. The number of H-pyrrole nitrogens is 1. The van der Waals surface area contributed by atoms with Crippen molar-refractivity contribution in [2.24, 2.45) is 5.41 Å². The molecule has 0 spiro atoms. The van der Waals surface area contributed by atoms with E-state index in [1.807, 2.05) is 0 Å². The fourth-order valence-electron chi connectivity index (χ4n) is 5.36. The summed E-state index contributed by atoms with van der Waals surface area (Å²) in [6, 6.07) is 7.03. The van der Waals surface area contributed by atoms with Gasteiger partial charge in [-0.25, -0.2) is 13.8 Å². The number of rotatable bonds is 2. The summed E-state index contributed by atoms with van der Waals surface area (Å²) < 4.78 is 28.5. The Morgan fingerprint density at radius 3 is 2.61 bits per heavy atom. The zero-order valence-electron chi connectivity index (χ0n) is 15.5. The van der Waals surface area contributed by atoms with Crippen LogP contribution in [0.2, 0.25) is 0 Å². The van der Waals surface area contributed by atoms with Crippen LogP contribution in [0.4, 0.5) is 8.78 Å². The lowest BCUT2D eigenvalue weighted by Crippen LogP contribution is -2.38. The van der Waals surface area contributed by atoms with Crippen LogP contribution in [0.3, 0.4) is 0 Å². The number of nitrogens with zero attached hydrogens (tertiary/aromatic N) is 3. The summed E-state index contributed by atoms with van der Waals surface area (Å²) in [5.74, 6) is -1.18. The molecule has 0 saturated heterocycles. The summed E-state index contributed by atoms with van der Waals surface area (Å²) in [5.41, 5.74) is 1.37. The van der Waals surface area contributed by atoms with Crippen molar-refractivity contribution in [1.82, 2.24) is 20.2 Å². The van der Waals surface area contributed by atoms with E-state index in [9.17, 15) is 13.6 Å². The Morgan fingerprint density at radius 1 is 1.14 bits per heavy atom. The average molecular weight is 380 g/mol.